The molecule has 6 heteroatoms. The van der Waals surface area contributed by atoms with E-state index in [0.717, 1.165) is 16.3 Å². The molecule has 0 spiro atoms. The third-order valence-electron chi connectivity index (χ3n) is 3.40. The summed E-state index contributed by atoms with van der Waals surface area (Å²) in [6.45, 7) is 0.145. The van der Waals surface area contributed by atoms with E-state index in [1.165, 1.54) is 12.5 Å². The first-order valence-corrected chi connectivity index (χ1v) is 7.35. The summed E-state index contributed by atoms with van der Waals surface area (Å²) in [4.78, 5) is 23.3. The van der Waals surface area contributed by atoms with Crippen LogP contribution in [0.15, 0.2) is 70.4 Å². The van der Waals surface area contributed by atoms with Gasteiger partial charge in [-0.15, -0.1) is 0 Å². The fraction of sp³-hybridized carbons (Fsp3) is 0.0556. The van der Waals surface area contributed by atoms with Gasteiger partial charge in [0, 0.05) is 5.56 Å². The Bertz CT molecular complexity index is 880. The predicted molar refractivity (Wildman–Crippen MR) is 90.2 cm³/mol. The molecular formula is C18H15N3O3. The first-order valence-electron chi connectivity index (χ1n) is 7.35. The van der Waals surface area contributed by atoms with Crippen LogP contribution in [-0.2, 0) is 16.1 Å². The first kappa shape index (κ1) is 15.5. The molecule has 0 aliphatic carbocycles. The van der Waals surface area contributed by atoms with Gasteiger partial charge in [-0.2, -0.15) is 5.10 Å². The number of amides is 2. The molecule has 24 heavy (non-hydrogen) atoms. The number of furan rings is 1. The fourth-order valence-corrected chi connectivity index (χ4v) is 2.24. The molecule has 0 unspecified atom stereocenters. The predicted octanol–water partition coefficient (Wildman–Crippen LogP) is 2.20. The normalized spacial score (nSPS) is 10.8. The van der Waals surface area contributed by atoms with Crippen LogP contribution in [0.2, 0.25) is 0 Å². The van der Waals surface area contributed by atoms with Gasteiger partial charge in [-0.25, -0.2) is 5.43 Å². The smallest absolute Gasteiger partial charge is 0.329 e. The second-order valence-electron chi connectivity index (χ2n) is 5.03. The largest absolute Gasteiger partial charge is 0.467 e. The van der Waals surface area contributed by atoms with Gasteiger partial charge in [0.1, 0.15) is 5.76 Å². The molecule has 3 aromatic rings. The third-order valence-corrected chi connectivity index (χ3v) is 3.40. The molecular weight excluding hydrogens is 306 g/mol. The van der Waals surface area contributed by atoms with Crippen LogP contribution in [0.3, 0.4) is 0 Å². The molecule has 3 rings (SSSR count). The summed E-state index contributed by atoms with van der Waals surface area (Å²) in [7, 11) is 0. The molecule has 2 N–H and O–H groups in total. The minimum Gasteiger partial charge on any atom is -0.467 e. The number of benzene rings is 2. The minimum absolute atomic E-state index is 0.145. The number of fused-ring (bicyclic) bond motifs is 1. The Kier molecular flexibility index (Phi) is 4.67. The summed E-state index contributed by atoms with van der Waals surface area (Å²) in [5.74, 6) is -1.05. The fourth-order valence-electron chi connectivity index (χ4n) is 2.24. The monoisotopic (exact) mass is 321 g/mol. The van der Waals surface area contributed by atoms with Crippen LogP contribution in [0.1, 0.15) is 11.3 Å². The van der Waals surface area contributed by atoms with Crippen LogP contribution in [0.5, 0.6) is 0 Å². The van der Waals surface area contributed by atoms with E-state index in [4.69, 9.17) is 4.42 Å². The van der Waals surface area contributed by atoms with Crippen molar-refractivity contribution in [2.75, 3.05) is 0 Å². The zero-order chi connectivity index (χ0) is 16.8. The van der Waals surface area contributed by atoms with Crippen molar-refractivity contribution < 1.29 is 14.0 Å². The van der Waals surface area contributed by atoms with Crippen molar-refractivity contribution in [3.05, 3.63) is 72.2 Å². The van der Waals surface area contributed by atoms with Gasteiger partial charge in [0.15, 0.2) is 0 Å². The summed E-state index contributed by atoms with van der Waals surface area (Å²) in [5, 5.41) is 8.38. The van der Waals surface area contributed by atoms with Gasteiger partial charge in [0.2, 0.25) is 0 Å². The van der Waals surface area contributed by atoms with Crippen LogP contribution < -0.4 is 10.7 Å². The van der Waals surface area contributed by atoms with Crippen molar-refractivity contribution in [3.63, 3.8) is 0 Å². The molecule has 2 amide bonds. The topological polar surface area (TPSA) is 83.7 Å². The van der Waals surface area contributed by atoms with E-state index < -0.39 is 11.8 Å². The zero-order valence-corrected chi connectivity index (χ0v) is 12.7. The number of hydrogen-bond acceptors (Lipinski definition) is 4. The van der Waals surface area contributed by atoms with Gasteiger partial charge in [0.05, 0.1) is 19.0 Å². The Labute approximate surface area is 138 Å². The maximum absolute atomic E-state index is 11.7. The molecule has 0 aliphatic rings. The average Bonchev–Trinajstić information content (AvgIpc) is 3.13. The van der Waals surface area contributed by atoms with E-state index in [1.54, 1.807) is 12.1 Å². The van der Waals surface area contributed by atoms with Crippen molar-refractivity contribution in [2.45, 2.75) is 6.54 Å². The number of carbonyl (C=O) groups excluding carboxylic acids is 2. The van der Waals surface area contributed by atoms with E-state index in [2.05, 4.69) is 15.8 Å². The van der Waals surface area contributed by atoms with Crippen molar-refractivity contribution in [1.82, 2.24) is 10.7 Å². The minimum atomic E-state index is -0.835. The van der Waals surface area contributed by atoms with E-state index in [1.807, 2.05) is 42.5 Å². The number of nitrogens with one attached hydrogen (secondary N) is 2. The number of hydrazone groups is 1. The highest BCUT2D eigenvalue weighted by atomic mass is 16.3. The molecule has 2 aromatic carbocycles. The molecule has 0 radical (unpaired) electrons. The first-order chi connectivity index (χ1) is 11.7. The molecule has 0 saturated carbocycles. The lowest BCUT2D eigenvalue weighted by Crippen LogP contribution is -2.37. The highest BCUT2D eigenvalue weighted by Crippen LogP contribution is 2.16. The lowest BCUT2D eigenvalue weighted by Gasteiger charge is -2.03. The van der Waals surface area contributed by atoms with Crippen molar-refractivity contribution in [1.29, 1.82) is 0 Å². The SMILES string of the molecule is O=C(NCc1ccco1)C(=O)N/N=C\c1cccc2ccccc12. The van der Waals surface area contributed by atoms with Crippen molar-refractivity contribution in [2.24, 2.45) is 5.10 Å². The third kappa shape index (κ3) is 3.67. The summed E-state index contributed by atoms with van der Waals surface area (Å²) < 4.78 is 5.07. The quantitative estimate of drug-likeness (QED) is 0.439. The highest BCUT2D eigenvalue weighted by molar-refractivity contribution is 6.35. The maximum atomic E-state index is 11.7. The molecule has 0 bridgehead atoms. The highest BCUT2D eigenvalue weighted by Gasteiger charge is 2.12. The number of hydrogen-bond donors (Lipinski definition) is 2. The molecule has 0 aliphatic heterocycles. The van der Waals surface area contributed by atoms with Crippen molar-refractivity contribution >= 4 is 28.8 Å². The molecule has 0 fully saturated rings. The van der Waals surface area contributed by atoms with Gasteiger partial charge in [-0.1, -0.05) is 42.5 Å². The van der Waals surface area contributed by atoms with E-state index in [9.17, 15) is 9.59 Å². The maximum Gasteiger partial charge on any atom is 0.329 e. The second-order valence-corrected chi connectivity index (χ2v) is 5.03. The Morgan fingerprint density at radius 2 is 1.83 bits per heavy atom. The number of carbonyl (C=O) groups is 2. The summed E-state index contributed by atoms with van der Waals surface area (Å²) in [6, 6.07) is 17.0. The van der Waals surface area contributed by atoms with Crippen LogP contribution in [0, 0.1) is 0 Å². The van der Waals surface area contributed by atoms with E-state index in [0.29, 0.717) is 5.76 Å². The van der Waals surface area contributed by atoms with Crippen LogP contribution in [0.4, 0.5) is 0 Å². The molecule has 0 saturated heterocycles. The lowest BCUT2D eigenvalue weighted by molar-refractivity contribution is -0.139. The summed E-state index contributed by atoms with van der Waals surface area (Å²) in [5.41, 5.74) is 3.06. The van der Waals surface area contributed by atoms with Gasteiger partial charge in [0.25, 0.3) is 0 Å². The molecule has 0 atom stereocenters. The van der Waals surface area contributed by atoms with E-state index in [-0.39, 0.29) is 6.54 Å². The molecule has 1 aromatic heterocycles. The van der Waals surface area contributed by atoms with Gasteiger partial charge in [-0.05, 0) is 22.9 Å². The van der Waals surface area contributed by atoms with Crippen LogP contribution in [0.25, 0.3) is 10.8 Å². The molecule has 120 valence electrons. The Morgan fingerprint density at radius 3 is 2.67 bits per heavy atom. The Balaban J connectivity index is 1.58. The van der Waals surface area contributed by atoms with Crippen molar-refractivity contribution in [3.8, 4) is 0 Å². The Hall–Kier alpha value is -3.41. The summed E-state index contributed by atoms with van der Waals surface area (Å²) in [6.07, 6.45) is 3.01. The van der Waals surface area contributed by atoms with Crippen LogP contribution in [-0.4, -0.2) is 18.0 Å². The zero-order valence-electron chi connectivity index (χ0n) is 12.7. The molecule has 1 heterocycles. The average molecular weight is 321 g/mol. The standard InChI is InChI=1S/C18H15N3O3/c22-17(19-12-15-8-4-10-24-15)18(23)21-20-11-14-7-3-6-13-5-1-2-9-16(13)14/h1-11H,12H2,(H,19,22)(H,21,23)/b20-11-. The van der Waals surface area contributed by atoms with Gasteiger partial charge < -0.3 is 9.73 Å². The van der Waals surface area contributed by atoms with Gasteiger partial charge >= 0.3 is 11.8 Å². The number of nitrogens with zero attached hydrogens (tertiary/aromatic N) is 1. The van der Waals surface area contributed by atoms with Gasteiger partial charge in [-0.3, -0.25) is 9.59 Å². The lowest BCUT2D eigenvalue weighted by atomic mass is 10.1. The molecule has 6 nitrogen and oxygen atoms in total. The second kappa shape index (κ2) is 7.23. The summed E-state index contributed by atoms with van der Waals surface area (Å²) >= 11 is 0. The van der Waals surface area contributed by atoms with E-state index >= 15 is 0 Å². The number of rotatable bonds is 4. The Morgan fingerprint density at radius 1 is 1.00 bits per heavy atom. The van der Waals surface area contributed by atoms with Crippen LogP contribution >= 0.6 is 0 Å².